The van der Waals surface area contributed by atoms with Gasteiger partial charge < -0.3 is 83.2 Å². The highest BCUT2D eigenvalue weighted by atomic mass is 16.6. The van der Waals surface area contributed by atoms with Gasteiger partial charge in [-0.1, -0.05) is 110 Å². The quantitative estimate of drug-likeness (QED) is 0.0171. The van der Waals surface area contributed by atoms with E-state index in [2.05, 4.69) is 38.2 Å². The van der Waals surface area contributed by atoms with Gasteiger partial charge in [-0.05, 0) is 50.5 Å². The first-order valence-corrected chi connectivity index (χ1v) is 33.1. The van der Waals surface area contributed by atoms with Crippen molar-refractivity contribution >= 4 is 35.4 Å². The van der Waals surface area contributed by atoms with Crippen molar-refractivity contribution in [3.05, 3.63) is 10.4 Å². The van der Waals surface area contributed by atoms with Crippen molar-refractivity contribution in [2.24, 2.45) is 10.5 Å². The lowest BCUT2D eigenvalue weighted by Crippen LogP contribution is -2.47. The van der Waals surface area contributed by atoms with Gasteiger partial charge in [0, 0.05) is 55.6 Å². The molecule has 0 bridgehead atoms. The zero-order valence-electron chi connectivity index (χ0n) is 55.1. The highest BCUT2D eigenvalue weighted by molar-refractivity contribution is 5.87. The molecule has 520 valence electrons. The molecule has 0 heterocycles. The van der Waals surface area contributed by atoms with Gasteiger partial charge in [-0.2, -0.15) is 0 Å². The second-order valence-corrected chi connectivity index (χ2v) is 22.4. The molecule has 0 aliphatic heterocycles. The van der Waals surface area contributed by atoms with Gasteiger partial charge in [0.15, 0.2) is 0 Å². The average Bonchev–Trinajstić information content (AvgIpc) is 3.71. The summed E-state index contributed by atoms with van der Waals surface area (Å²) in [6.45, 7) is 18.9. The topological polar surface area (TPSA) is 330 Å². The van der Waals surface area contributed by atoms with E-state index in [1.807, 2.05) is 20.8 Å². The molecule has 0 aromatic carbocycles. The van der Waals surface area contributed by atoms with Gasteiger partial charge in [0.2, 0.25) is 23.6 Å². The number of aliphatic carboxylic acids is 1. The molecule has 0 aliphatic rings. The van der Waals surface area contributed by atoms with E-state index in [1.54, 1.807) is 0 Å². The van der Waals surface area contributed by atoms with Gasteiger partial charge in [0.25, 0.3) is 0 Å². The number of nitrogens with zero attached hydrogens (tertiary/aromatic N) is 3. The summed E-state index contributed by atoms with van der Waals surface area (Å²) in [5.74, 6) is -2.35. The maximum absolute atomic E-state index is 13.2. The molecule has 2 atom stereocenters. The van der Waals surface area contributed by atoms with Crippen molar-refractivity contribution in [3.63, 3.8) is 0 Å². The Morgan fingerprint density at radius 3 is 1.13 bits per heavy atom. The Labute approximate surface area is 532 Å². The number of Topliss-reactive ketones (excluding diaryl/α,β-unsaturated/α-hetero) is 1. The van der Waals surface area contributed by atoms with Gasteiger partial charge in [0.05, 0.1) is 159 Å². The van der Waals surface area contributed by atoms with Crippen LogP contribution in [0, 0.1) is 5.41 Å². The van der Waals surface area contributed by atoms with Crippen LogP contribution in [0.15, 0.2) is 5.11 Å². The molecule has 0 aromatic rings. The smallest absolute Gasteiger partial charge is 0.326 e. The predicted octanol–water partition coefficient (Wildman–Crippen LogP) is 7.39. The first-order valence-electron chi connectivity index (χ1n) is 33.1. The number of carboxylic acid groups (broad SMARTS) is 1. The number of amides is 4. The molecule has 0 aromatic heterocycles. The van der Waals surface area contributed by atoms with E-state index in [4.69, 9.17) is 62.4 Å². The number of nitrogens with one attached hydrogen (secondary N) is 4. The lowest BCUT2D eigenvalue weighted by Gasteiger charge is -2.19. The number of unbranched alkanes of at least 4 members (excludes halogenated alkanes) is 14. The van der Waals surface area contributed by atoms with Crippen LogP contribution in [0.25, 0.3) is 10.4 Å². The van der Waals surface area contributed by atoms with E-state index in [1.165, 1.54) is 57.8 Å². The number of azide groups is 1. The van der Waals surface area contributed by atoms with E-state index in [-0.39, 0.29) is 86.8 Å². The van der Waals surface area contributed by atoms with Crippen LogP contribution in [0.5, 0.6) is 0 Å². The van der Waals surface area contributed by atoms with Crippen molar-refractivity contribution in [1.82, 2.24) is 21.3 Å². The summed E-state index contributed by atoms with van der Waals surface area (Å²) in [5, 5.41) is 24.1. The molecule has 26 nitrogen and oxygen atoms in total. The molecule has 5 N–H and O–H groups in total. The van der Waals surface area contributed by atoms with Gasteiger partial charge in [-0.15, -0.1) is 0 Å². The summed E-state index contributed by atoms with van der Waals surface area (Å²) in [4.78, 5) is 77.4. The number of hydrogen-bond donors (Lipinski definition) is 5. The molecule has 0 saturated carbocycles. The Morgan fingerprint density at radius 2 is 0.753 bits per heavy atom. The number of rotatable bonds is 70. The average molecular weight is 1280 g/mol. The number of carbonyl (C=O) groups is 6. The van der Waals surface area contributed by atoms with E-state index in [0.29, 0.717) is 197 Å². The minimum atomic E-state index is -1.19. The van der Waals surface area contributed by atoms with Crippen LogP contribution in [-0.4, -0.2) is 231 Å². The SMILES string of the molecule is CCCCCCCCCCCCCCCC(=O)N[C@H](CCC(=O)NCCCC[C@@H](NC(=O)CCCCN=[N+]=[N-])C(=O)NCCOCCOCCOCCOCCOCCOCCOCCOCCOCCOCCOCCOCCC(=O)C(C)(C)C)C(=O)O. The first-order chi connectivity index (χ1) is 43.3. The van der Waals surface area contributed by atoms with Crippen LogP contribution in [0.3, 0.4) is 0 Å². The highest BCUT2D eigenvalue weighted by Gasteiger charge is 2.23. The van der Waals surface area contributed by atoms with Crippen LogP contribution in [0.1, 0.15) is 175 Å². The summed E-state index contributed by atoms with van der Waals surface area (Å²) in [6.07, 6.45) is 18.5. The normalized spacial score (nSPS) is 12.1. The van der Waals surface area contributed by atoms with Crippen molar-refractivity contribution in [2.75, 3.05) is 178 Å². The standard InChI is InChI=1S/C63H119N7O19/c1-5-6-7-8-9-10-11-12-13-14-15-16-17-23-60(74)69-56(62(76)77)25-26-58(72)65-28-20-18-22-55(68-59(73)24-19-21-29-67-70-64)61(75)66-30-32-79-34-36-81-38-40-83-42-44-85-46-48-87-50-52-89-54-53-88-51-49-86-47-45-84-43-41-82-39-37-80-35-33-78-31-27-57(71)63(2,3)4/h55-56H,5-54H2,1-4H3,(H,65,72)(H,66,75)(H,68,73)(H,69,74)(H,76,77)/t55-,56-/m1/s1. The second-order valence-electron chi connectivity index (χ2n) is 22.4. The van der Waals surface area contributed by atoms with Crippen molar-refractivity contribution in [1.29, 1.82) is 0 Å². The van der Waals surface area contributed by atoms with Crippen LogP contribution in [-0.2, 0) is 85.6 Å². The predicted molar refractivity (Wildman–Crippen MR) is 338 cm³/mol. The molecule has 0 fully saturated rings. The number of ketones is 1. The number of carbonyl (C=O) groups excluding carboxylic acids is 5. The third-order valence-electron chi connectivity index (χ3n) is 13.6. The van der Waals surface area contributed by atoms with Crippen molar-refractivity contribution < 1.29 is 90.7 Å². The fourth-order valence-electron chi connectivity index (χ4n) is 8.37. The minimum absolute atomic E-state index is 0.0394. The minimum Gasteiger partial charge on any atom is -0.480 e. The van der Waals surface area contributed by atoms with E-state index >= 15 is 0 Å². The molecule has 4 amide bonds. The van der Waals surface area contributed by atoms with Gasteiger partial charge >= 0.3 is 5.97 Å². The van der Waals surface area contributed by atoms with E-state index < -0.39 is 18.1 Å². The van der Waals surface area contributed by atoms with Crippen LogP contribution in [0.2, 0.25) is 0 Å². The third-order valence-corrected chi connectivity index (χ3v) is 13.6. The summed E-state index contributed by atoms with van der Waals surface area (Å²) in [5.41, 5.74) is 8.17. The van der Waals surface area contributed by atoms with Gasteiger partial charge in [0.1, 0.15) is 17.9 Å². The molecule has 0 saturated heterocycles. The van der Waals surface area contributed by atoms with Gasteiger partial charge in [-0.25, -0.2) is 4.79 Å². The van der Waals surface area contributed by atoms with Crippen molar-refractivity contribution in [3.8, 4) is 0 Å². The third kappa shape index (κ3) is 62.4. The monoisotopic (exact) mass is 1280 g/mol. The van der Waals surface area contributed by atoms with Crippen molar-refractivity contribution in [2.45, 2.75) is 187 Å². The molecular formula is C63H119N7O19. The molecule has 0 radical (unpaired) electrons. The number of carboxylic acids is 1. The number of hydrogen-bond acceptors (Lipinski definition) is 19. The van der Waals surface area contributed by atoms with Crippen LogP contribution < -0.4 is 21.3 Å². The Balaban J connectivity index is 3.92. The molecule has 89 heavy (non-hydrogen) atoms. The molecule has 0 spiro atoms. The Hall–Kier alpha value is -4.15. The largest absolute Gasteiger partial charge is 0.480 e. The molecule has 0 aliphatic carbocycles. The molecule has 0 rings (SSSR count). The Bertz CT molecular complexity index is 1750. The first kappa shape index (κ1) is 84.8. The maximum atomic E-state index is 13.2. The van der Waals surface area contributed by atoms with Gasteiger partial charge in [-0.3, -0.25) is 24.0 Å². The Morgan fingerprint density at radius 1 is 0.393 bits per heavy atom. The summed E-state index contributed by atoms with van der Waals surface area (Å²) in [6, 6.07) is -1.98. The zero-order chi connectivity index (χ0) is 65.2. The van der Waals surface area contributed by atoms with E-state index in [9.17, 15) is 33.9 Å². The molecule has 26 heteroatoms. The summed E-state index contributed by atoms with van der Waals surface area (Å²) in [7, 11) is 0. The Kier molecular flexibility index (Phi) is 62.3. The van der Waals surface area contributed by atoms with Crippen LogP contribution >= 0.6 is 0 Å². The van der Waals surface area contributed by atoms with Crippen LogP contribution in [0.4, 0.5) is 0 Å². The molecule has 0 unspecified atom stereocenters. The van der Waals surface area contributed by atoms with E-state index in [0.717, 1.165) is 19.3 Å². The summed E-state index contributed by atoms with van der Waals surface area (Å²) < 4.78 is 66.2. The highest BCUT2D eigenvalue weighted by Crippen LogP contribution is 2.17. The molecular weight excluding hydrogens is 1160 g/mol. The fraction of sp³-hybridized carbons (Fsp3) is 0.905. The lowest BCUT2D eigenvalue weighted by atomic mass is 9.89. The summed E-state index contributed by atoms with van der Waals surface area (Å²) >= 11 is 0. The fourth-order valence-corrected chi connectivity index (χ4v) is 8.37. The zero-order valence-corrected chi connectivity index (χ0v) is 55.1. The number of ether oxygens (including phenoxy) is 12. The maximum Gasteiger partial charge on any atom is 0.326 e. The lowest BCUT2D eigenvalue weighted by molar-refractivity contribution is -0.142. The second kappa shape index (κ2) is 65.3.